The maximum absolute atomic E-state index is 14.5. The monoisotopic (exact) mass is 429 g/mol. The molecule has 0 aliphatic rings. The van der Waals surface area contributed by atoms with E-state index in [1.54, 1.807) is 0 Å². The van der Waals surface area contributed by atoms with Crippen molar-refractivity contribution in [1.82, 2.24) is 4.57 Å². The lowest BCUT2D eigenvalue weighted by atomic mass is 10.1. The van der Waals surface area contributed by atoms with Crippen molar-refractivity contribution in [3.8, 4) is 0 Å². The van der Waals surface area contributed by atoms with Gasteiger partial charge in [0.05, 0.1) is 23.1 Å². The van der Waals surface area contributed by atoms with Crippen LogP contribution in [-0.4, -0.2) is 17.1 Å². The number of ether oxygens (including phenoxy) is 1. The Morgan fingerprint density at radius 3 is 2.27 bits per heavy atom. The number of fused-ring (bicyclic) bond motifs is 1. The molecule has 0 bridgehead atoms. The highest BCUT2D eigenvalue weighted by atomic mass is 19.4. The number of hydrogen-bond acceptors (Lipinski definition) is 3. The molecule has 3 aromatic rings. The molecule has 0 amide bonds. The summed E-state index contributed by atoms with van der Waals surface area (Å²) >= 11 is 0. The van der Waals surface area contributed by atoms with Gasteiger partial charge in [-0.3, -0.25) is 4.79 Å². The zero-order valence-corrected chi connectivity index (χ0v) is 15.3. The Hall–Kier alpha value is -3.30. The minimum Gasteiger partial charge on any atom is -0.462 e. The second-order valence-corrected chi connectivity index (χ2v) is 6.30. The Kier molecular flexibility index (Phi) is 5.60. The third kappa shape index (κ3) is 3.89. The quantitative estimate of drug-likeness (QED) is 0.344. The predicted molar refractivity (Wildman–Crippen MR) is 94.6 cm³/mol. The van der Waals surface area contributed by atoms with Gasteiger partial charge in [0, 0.05) is 12.7 Å². The van der Waals surface area contributed by atoms with E-state index in [9.17, 15) is 35.9 Å². The summed E-state index contributed by atoms with van der Waals surface area (Å²) in [5, 5.41) is -0.608. The summed E-state index contributed by atoms with van der Waals surface area (Å²) in [7, 11) is 0. The first-order chi connectivity index (χ1) is 14.0. The summed E-state index contributed by atoms with van der Waals surface area (Å²) in [5.41, 5.74) is -2.94. The fourth-order valence-electron chi connectivity index (χ4n) is 2.94. The van der Waals surface area contributed by atoms with Crippen LogP contribution in [0.25, 0.3) is 10.9 Å². The highest BCUT2D eigenvalue weighted by Gasteiger charge is 2.30. The van der Waals surface area contributed by atoms with Crippen molar-refractivity contribution < 1.29 is 35.9 Å². The minimum atomic E-state index is -4.56. The summed E-state index contributed by atoms with van der Waals surface area (Å²) in [4.78, 5) is 24.6. The molecule has 0 aliphatic heterocycles. The number of esters is 1. The van der Waals surface area contributed by atoms with Gasteiger partial charge in [-0.2, -0.15) is 13.2 Å². The summed E-state index contributed by atoms with van der Waals surface area (Å²) in [6.45, 7) is 1.07. The third-order valence-corrected chi connectivity index (χ3v) is 4.33. The fraction of sp³-hybridized carbons (Fsp3) is 0.200. The largest absolute Gasteiger partial charge is 0.462 e. The van der Waals surface area contributed by atoms with Crippen LogP contribution in [-0.2, 0) is 17.5 Å². The highest BCUT2D eigenvalue weighted by molar-refractivity contribution is 5.94. The molecule has 0 spiro atoms. The highest BCUT2D eigenvalue weighted by Crippen LogP contribution is 2.29. The zero-order valence-electron chi connectivity index (χ0n) is 15.3. The predicted octanol–water partition coefficient (Wildman–Crippen LogP) is 4.66. The maximum Gasteiger partial charge on any atom is 0.416 e. The summed E-state index contributed by atoms with van der Waals surface area (Å²) < 4.78 is 85.9. The van der Waals surface area contributed by atoms with Crippen LogP contribution in [0.3, 0.4) is 0 Å². The van der Waals surface area contributed by atoms with E-state index < -0.39 is 57.1 Å². The average molecular weight is 429 g/mol. The molecule has 0 N–H and O–H groups in total. The summed E-state index contributed by atoms with van der Waals surface area (Å²) in [5.74, 6) is -6.17. The first kappa shape index (κ1) is 21.4. The van der Waals surface area contributed by atoms with Crippen LogP contribution >= 0.6 is 0 Å². The number of rotatable bonds is 4. The van der Waals surface area contributed by atoms with Gasteiger partial charge in [0.2, 0.25) is 5.43 Å². The Bertz CT molecular complexity index is 1180. The number of hydrogen-bond donors (Lipinski definition) is 0. The van der Waals surface area contributed by atoms with Gasteiger partial charge < -0.3 is 9.30 Å². The van der Waals surface area contributed by atoms with E-state index in [2.05, 4.69) is 0 Å². The van der Waals surface area contributed by atoms with Crippen molar-refractivity contribution >= 4 is 16.9 Å². The molecule has 0 saturated heterocycles. The second-order valence-electron chi connectivity index (χ2n) is 6.30. The van der Waals surface area contributed by atoms with Crippen LogP contribution < -0.4 is 5.43 Å². The molecule has 0 atom stereocenters. The van der Waals surface area contributed by atoms with E-state index >= 15 is 0 Å². The molecule has 0 fully saturated rings. The number of carbonyl (C=O) groups excluding carboxylic acids is 1. The van der Waals surface area contributed by atoms with Crippen LogP contribution in [0.15, 0.2) is 41.3 Å². The van der Waals surface area contributed by atoms with E-state index in [1.165, 1.54) is 6.92 Å². The third-order valence-electron chi connectivity index (χ3n) is 4.33. The van der Waals surface area contributed by atoms with Crippen LogP contribution in [0.1, 0.15) is 28.4 Å². The molecule has 2 aromatic carbocycles. The minimum absolute atomic E-state index is 0.0820. The van der Waals surface area contributed by atoms with Crippen molar-refractivity contribution in [2.75, 3.05) is 6.61 Å². The fourth-order valence-corrected chi connectivity index (χ4v) is 2.94. The lowest BCUT2D eigenvalue weighted by Gasteiger charge is -2.15. The van der Waals surface area contributed by atoms with Gasteiger partial charge in [-0.05, 0) is 30.7 Å². The number of benzene rings is 2. The number of halogens is 6. The lowest BCUT2D eigenvalue weighted by Crippen LogP contribution is -2.22. The molecule has 10 heteroatoms. The molecule has 0 aliphatic carbocycles. The van der Waals surface area contributed by atoms with Crippen molar-refractivity contribution in [1.29, 1.82) is 0 Å². The zero-order chi connectivity index (χ0) is 22.2. The Morgan fingerprint density at radius 1 is 1.07 bits per heavy atom. The first-order valence-electron chi connectivity index (χ1n) is 8.58. The van der Waals surface area contributed by atoms with Crippen molar-refractivity contribution in [2.24, 2.45) is 0 Å². The lowest BCUT2D eigenvalue weighted by molar-refractivity contribution is -0.137. The first-order valence-corrected chi connectivity index (χ1v) is 8.58. The van der Waals surface area contributed by atoms with Gasteiger partial charge in [0.15, 0.2) is 17.5 Å². The smallest absolute Gasteiger partial charge is 0.416 e. The molecular formula is C20H13F6NO3. The van der Waals surface area contributed by atoms with E-state index in [4.69, 9.17) is 4.74 Å². The Morgan fingerprint density at radius 2 is 1.70 bits per heavy atom. The number of aromatic nitrogens is 1. The van der Waals surface area contributed by atoms with Crippen molar-refractivity contribution in [3.05, 3.63) is 80.9 Å². The Labute approximate surface area is 165 Å². The van der Waals surface area contributed by atoms with Crippen molar-refractivity contribution in [2.45, 2.75) is 19.6 Å². The van der Waals surface area contributed by atoms with Crippen LogP contribution in [0.5, 0.6) is 0 Å². The molecule has 1 aromatic heterocycles. The van der Waals surface area contributed by atoms with Gasteiger partial charge in [0.25, 0.3) is 0 Å². The number of pyridine rings is 1. The SMILES string of the molecule is CCOC(=O)c1cn(Cc2ccc(C(F)(F)F)cc2)c2c(F)c(F)c(F)cc2c1=O. The number of nitrogens with zero attached hydrogens (tertiary/aromatic N) is 1. The molecule has 4 nitrogen and oxygen atoms in total. The van der Waals surface area contributed by atoms with Gasteiger partial charge in [-0.1, -0.05) is 12.1 Å². The van der Waals surface area contributed by atoms with E-state index in [1.807, 2.05) is 0 Å². The summed E-state index contributed by atoms with van der Waals surface area (Å²) in [6, 6.07) is 4.26. The van der Waals surface area contributed by atoms with Crippen molar-refractivity contribution in [3.63, 3.8) is 0 Å². The van der Waals surface area contributed by atoms with E-state index in [0.717, 1.165) is 35.0 Å². The molecule has 30 heavy (non-hydrogen) atoms. The molecule has 0 saturated carbocycles. The van der Waals surface area contributed by atoms with Gasteiger partial charge in [0.1, 0.15) is 5.56 Å². The molecule has 3 rings (SSSR count). The number of alkyl halides is 3. The average Bonchev–Trinajstić information content (AvgIpc) is 2.68. The van der Waals surface area contributed by atoms with Crippen LogP contribution in [0.2, 0.25) is 0 Å². The normalized spacial score (nSPS) is 11.7. The van der Waals surface area contributed by atoms with Gasteiger partial charge in [-0.25, -0.2) is 18.0 Å². The molecular weight excluding hydrogens is 416 g/mol. The topological polar surface area (TPSA) is 48.3 Å². The van der Waals surface area contributed by atoms with E-state index in [0.29, 0.717) is 6.07 Å². The molecule has 1 heterocycles. The maximum atomic E-state index is 14.5. The number of carbonyl (C=O) groups is 1. The Balaban J connectivity index is 2.21. The standard InChI is InChI=1S/C20H13F6NO3/c1-2-30-19(29)13-9-27(8-10-3-5-11(6-4-10)20(24,25)26)17-12(18(13)28)7-14(21)15(22)16(17)23/h3-7,9H,2,8H2,1H3. The second kappa shape index (κ2) is 7.85. The van der Waals surface area contributed by atoms with Gasteiger partial charge >= 0.3 is 12.1 Å². The van der Waals surface area contributed by atoms with Gasteiger partial charge in [-0.15, -0.1) is 0 Å². The molecule has 0 unspecified atom stereocenters. The van der Waals surface area contributed by atoms with E-state index in [-0.39, 0.29) is 18.7 Å². The summed E-state index contributed by atoms with van der Waals surface area (Å²) in [6.07, 6.45) is -3.66. The van der Waals surface area contributed by atoms with Crippen LogP contribution in [0.4, 0.5) is 26.3 Å². The molecule has 158 valence electrons. The van der Waals surface area contributed by atoms with Crippen LogP contribution in [0, 0.1) is 17.5 Å². The molecule has 0 radical (unpaired) electrons.